The van der Waals surface area contributed by atoms with Crippen molar-refractivity contribution in [2.24, 2.45) is 0 Å². The predicted molar refractivity (Wildman–Crippen MR) is 88.3 cm³/mol. The van der Waals surface area contributed by atoms with E-state index >= 15 is 0 Å². The third-order valence-corrected chi connectivity index (χ3v) is 3.60. The fourth-order valence-corrected chi connectivity index (χ4v) is 2.38. The molecule has 28 heavy (non-hydrogen) atoms. The van der Waals surface area contributed by atoms with E-state index in [1.807, 2.05) is 0 Å². The molecule has 3 N–H and O–H groups in total. The Kier molecular flexibility index (Phi) is 6.08. The lowest BCUT2D eigenvalue weighted by atomic mass is 10.1. The highest BCUT2D eigenvalue weighted by Gasteiger charge is 2.22. The van der Waals surface area contributed by atoms with Gasteiger partial charge in [-0.3, -0.25) is 0 Å². The minimum absolute atomic E-state index is 0.363. The number of carbonyl (C=O) groups is 4. The number of rotatable bonds is 7. The van der Waals surface area contributed by atoms with E-state index in [9.17, 15) is 27.9 Å². The summed E-state index contributed by atoms with van der Waals surface area (Å²) in [6.45, 7) is 0. The highest BCUT2D eigenvalue weighted by Crippen LogP contribution is 2.23. The molecule has 0 aliphatic rings. The zero-order valence-electron chi connectivity index (χ0n) is 13.5. The molecule has 0 radical (unpaired) electrons. The third-order valence-electron chi connectivity index (χ3n) is 3.27. The number of carboxylic acids is 3. The largest absolute Gasteiger partial charge is 0.740 e. The average Bonchev–Trinajstić information content (AvgIpc) is 2.60. The summed E-state index contributed by atoms with van der Waals surface area (Å²) in [5, 5.41) is 27.2. The van der Waals surface area contributed by atoms with Crippen molar-refractivity contribution in [3.8, 4) is 11.5 Å². The first-order valence-corrected chi connectivity index (χ1v) is 8.08. The summed E-state index contributed by atoms with van der Waals surface area (Å²) >= 11 is -2.98. The van der Waals surface area contributed by atoms with Crippen LogP contribution in [0.2, 0.25) is 0 Å². The van der Waals surface area contributed by atoms with Gasteiger partial charge < -0.3 is 28.8 Å². The molecule has 12 heteroatoms. The first-order chi connectivity index (χ1) is 13.1. The van der Waals surface area contributed by atoms with Crippen molar-refractivity contribution in [2.75, 3.05) is 0 Å². The molecular formula is C16H9O11S-. The molecule has 1 atom stereocenters. The summed E-state index contributed by atoms with van der Waals surface area (Å²) < 4.78 is 30.4. The zero-order chi connectivity index (χ0) is 21.0. The van der Waals surface area contributed by atoms with Gasteiger partial charge in [0.2, 0.25) is 0 Å². The molecule has 0 aromatic heterocycles. The quantitative estimate of drug-likeness (QED) is 0.338. The van der Waals surface area contributed by atoms with Crippen molar-refractivity contribution in [2.45, 2.75) is 0 Å². The fourth-order valence-electron chi connectivity index (χ4n) is 2.12. The second kappa shape index (κ2) is 8.28. The van der Waals surface area contributed by atoms with E-state index in [-0.39, 0.29) is 11.5 Å². The molecule has 2 aromatic carbocycles. The molecule has 0 aliphatic heterocycles. The number of hydrogen-bond donors (Lipinski definition) is 3. The Morgan fingerprint density at radius 2 is 1.21 bits per heavy atom. The Morgan fingerprint density at radius 3 is 1.71 bits per heavy atom. The molecule has 1 unspecified atom stereocenters. The Balaban J connectivity index is 2.42. The maximum atomic E-state index is 12.3. The average molecular weight is 409 g/mol. The van der Waals surface area contributed by atoms with Crippen molar-refractivity contribution in [3.05, 3.63) is 58.7 Å². The van der Waals surface area contributed by atoms with E-state index in [4.69, 9.17) is 20.1 Å². The topological polar surface area (TPSA) is 188 Å². The number of aromatic carboxylic acids is 3. The van der Waals surface area contributed by atoms with Crippen LogP contribution in [-0.4, -0.2) is 48.0 Å². The molecule has 2 aromatic rings. The first kappa shape index (κ1) is 20.5. The van der Waals surface area contributed by atoms with Crippen molar-refractivity contribution in [1.82, 2.24) is 0 Å². The Bertz CT molecular complexity index is 1010. The van der Waals surface area contributed by atoms with Crippen molar-refractivity contribution in [1.29, 1.82) is 0 Å². The standard InChI is InChI=1S/C16H10O11S/c17-13(18)9-3-1-7(5-11(9)15(21)22)26-16(23)12-6-8(27-28(24)25)2-4-10(12)14(19)20/h1-6H,(H,17,18)(H,19,20)(H,21,22)(H,24,25)/p-1. The van der Waals surface area contributed by atoms with Crippen LogP contribution in [0.5, 0.6) is 11.5 Å². The number of benzene rings is 2. The van der Waals surface area contributed by atoms with Crippen molar-refractivity contribution >= 4 is 35.2 Å². The van der Waals surface area contributed by atoms with E-state index in [0.29, 0.717) is 0 Å². The minimum atomic E-state index is -2.98. The van der Waals surface area contributed by atoms with E-state index in [0.717, 1.165) is 36.4 Å². The molecule has 0 saturated heterocycles. The summed E-state index contributed by atoms with van der Waals surface area (Å²) in [5.41, 5.74) is -2.31. The highest BCUT2D eigenvalue weighted by atomic mass is 32.2. The van der Waals surface area contributed by atoms with Gasteiger partial charge in [0.15, 0.2) is 0 Å². The van der Waals surface area contributed by atoms with Crippen LogP contribution in [0.4, 0.5) is 0 Å². The van der Waals surface area contributed by atoms with E-state index in [2.05, 4.69) is 4.18 Å². The van der Waals surface area contributed by atoms with Gasteiger partial charge >= 0.3 is 23.9 Å². The number of carboxylic acid groups (broad SMARTS) is 3. The molecule has 0 fully saturated rings. The molecule has 0 spiro atoms. The normalized spacial score (nSPS) is 11.3. The molecule has 0 heterocycles. The number of esters is 1. The summed E-state index contributed by atoms with van der Waals surface area (Å²) in [6, 6.07) is 5.40. The molecular weight excluding hydrogens is 400 g/mol. The van der Waals surface area contributed by atoms with Crippen LogP contribution < -0.4 is 8.92 Å². The van der Waals surface area contributed by atoms with Gasteiger partial charge in [-0.1, -0.05) is 0 Å². The summed E-state index contributed by atoms with van der Waals surface area (Å²) in [7, 11) is 0. The highest BCUT2D eigenvalue weighted by molar-refractivity contribution is 7.74. The van der Waals surface area contributed by atoms with Crippen LogP contribution in [0.15, 0.2) is 36.4 Å². The lowest BCUT2D eigenvalue weighted by Gasteiger charge is -2.11. The second-order valence-corrected chi connectivity index (χ2v) is 5.58. The first-order valence-electron chi connectivity index (χ1n) is 7.08. The van der Waals surface area contributed by atoms with Gasteiger partial charge in [0.05, 0.1) is 22.3 Å². The van der Waals surface area contributed by atoms with Gasteiger partial charge in [-0.15, -0.1) is 0 Å². The van der Waals surface area contributed by atoms with Gasteiger partial charge in [0, 0.05) is 0 Å². The smallest absolute Gasteiger partial charge is 0.344 e. The predicted octanol–water partition coefficient (Wildman–Crippen LogP) is 1.17. The lowest BCUT2D eigenvalue weighted by Crippen LogP contribution is -2.15. The van der Waals surface area contributed by atoms with Gasteiger partial charge in [-0.2, -0.15) is 0 Å². The lowest BCUT2D eigenvalue weighted by molar-refractivity contribution is 0.0648. The van der Waals surface area contributed by atoms with Gasteiger partial charge in [0.1, 0.15) is 22.9 Å². The zero-order valence-corrected chi connectivity index (χ0v) is 14.3. The summed E-state index contributed by atoms with van der Waals surface area (Å²) in [6.07, 6.45) is 0. The molecule has 0 amide bonds. The van der Waals surface area contributed by atoms with E-state index in [1.54, 1.807) is 0 Å². The van der Waals surface area contributed by atoms with Crippen LogP contribution in [0, 0.1) is 0 Å². The fraction of sp³-hybridized carbons (Fsp3) is 0. The Morgan fingerprint density at radius 1 is 0.750 bits per heavy atom. The van der Waals surface area contributed by atoms with Gasteiger partial charge in [0.25, 0.3) is 0 Å². The second-order valence-electron chi connectivity index (χ2n) is 5.01. The molecule has 11 nitrogen and oxygen atoms in total. The van der Waals surface area contributed by atoms with Crippen molar-refractivity contribution in [3.63, 3.8) is 0 Å². The van der Waals surface area contributed by atoms with Crippen LogP contribution in [0.1, 0.15) is 41.4 Å². The molecule has 2 rings (SSSR count). The van der Waals surface area contributed by atoms with Crippen LogP contribution in [0.3, 0.4) is 0 Å². The maximum absolute atomic E-state index is 12.3. The van der Waals surface area contributed by atoms with Crippen LogP contribution >= 0.6 is 0 Å². The summed E-state index contributed by atoms with van der Waals surface area (Å²) in [4.78, 5) is 45.8. The molecule has 0 saturated carbocycles. The monoisotopic (exact) mass is 409 g/mol. The maximum Gasteiger partial charge on any atom is 0.344 e. The van der Waals surface area contributed by atoms with Crippen molar-refractivity contribution < 1.29 is 52.2 Å². The van der Waals surface area contributed by atoms with Gasteiger partial charge in [-0.05, 0) is 36.4 Å². The molecule has 146 valence electrons. The SMILES string of the molecule is O=C(O)c1ccc(OC(=O)c2cc(OS(=O)[O-])ccc2C(=O)O)cc1C(=O)O. The third kappa shape index (κ3) is 4.69. The minimum Gasteiger partial charge on any atom is -0.740 e. The van der Waals surface area contributed by atoms with Crippen LogP contribution in [-0.2, 0) is 11.4 Å². The molecule has 0 aliphatic carbocycles. The number of ether oxygens (including phenoxy) is 1. The Labute approximate surface area is 158 Å². The van der Waals surface area contributed by atoms with Gasteiger partial charge in [-0.25, -0.2) is 23.4 Å². The summed E-state index contributed by atoms with van der Waals surface area (Å²) in [5.74, 6) is -6.62. The van der Waals surface area contributed by atoms with Crippen LogP contribution in [0.25, 0.3) is 0 Å². The number of carbonyl (C=O) groups excluding carboxylic acids is 1. The molecule has 0 bridgehead atoms. The van der Waals surface area contributed by atoms with E-state index < -0.39 is 57.5 Å². The van der Waals surface area contributed by atoms with E-state index in [1.165, 1.54) is 0 Å². The Hall–Kier alpha value is -3.77. The number of hydrogen-bond acceptors (Lipinski definition) is 8.